The standard InChI is InChI=1S/C32H40N2O8/c1-8-9-10-11-12-20-13-14-21(41-22-15-24(31(2,3)4)29(33(37)38)26(35)17-22)19-28(20)42-23-16-25(32(5,6)7)30(34(39)40)27(36)18-23/h13-19,35-36H,8-12H2,1-7H3. The predicted octanol–water partition coefficient (Wildman–Crippen LogP) is 9.22. The highest BCUT2D eigenvalue weighted by Crippen LogP contribution is 2.44. The number of nitro groups is 2. The Kier molecular flexibility index (Phi) is 9.71. The first kappa shape index (κ1) is 32.2. The van der Waals surface area contributed by atoms with E-state index in [1.165, 1.54) is 12.1 Å². The molecule has 10 heteroatoms. The molecule has 0 aliphatic carbocycles. The molecule has 0 fully saturated rings. The molecular weight excluding hydrogens is 540 g/mol. The zero-order valence-electron chi connectivity index (χ0n) is 25.3. The lowest BCUT2D eigenvalue weighted by molar-refractivity contribution is -0.387. The molecule has 0 heterocycles. The highest BCUT2D eigenvalue weighted by molar-refractivity contribution is 5.60. The molecule has 10 nitrogen and oxygen atoms in total. The monoisotopic (exact) mass is 580 g/mol. The normalized spacial score (nSPS) is 11.8. The second kappa shape index (κ2) is 12.7. The van der Waals surface area contributed by atoms with Crippen LogP contribution in [0.4, 0.5) is 11.4 Å². The minimum absolute atomic E-state index is 0.215. The molecule has 226 valence electrons. The van der Waals surface area contributed by atoms with Crippen molar-refractivity contribution >= 4 is 11.4 Å². The molecule has 0 bridgehead atoms. The van der Waals surface area contributed by atoms with Crippen LogP contribution in [0.1, 0.15) is 90.8 Å². The zero-order valence-corrected chi connectivity index (χ0v) is 25.3. The highest BCUT2D eigenvalue weighted by atomic mass is 16.6. The minimum Gasteiger partial charge on any atom is -0.502 e. The lowest BCUT2D eigenvalue weighted by Gasteiger charge is -2.21. The number of nitro benzene ring substituents is 2. The fraction of sp³-hybridized carbons (Fsp3) is 0.438. The third-order valence-corrected chi connectivity index (χ3v) is 6.91. The second-order valence-electron chi connectivity index (χ2n) is 12.5. The number of ether oxygens (including phenoxy) is 2. The first-order valence-electron chi connectivity index (χ1n) is 14.0. The van der Waals surface area contributed by atoms with E-state index in [9.17, 15) is 30.4 Å². The summed E-state index contributed by atoms with van der Waals surface area (Å²) in [6.07, 6.45) is 4.87. The number of phenols is 2. The van der Waals surface area contributed by atoms with Gasteiger partial charge in [-0.1, -0.05) is 73.8 Å². The van der Waals surface area contributed by atoms with Crippen molar-refractivity contribution in [3.63, 3.8) is 0 Å². The number of rotatable bonds is 11. The molecular formula is C32H40N2O8. The van der Waals surface area contributed by atoms with Gasteiger partial charge in [0.15, 0.2) is 11.5 Å². The molecule has 3 rings (SSSR count). The lowest BCUT2D eigenvalue weighted by atomic mass is 9.85. The molecule has 0 spiro atoms. The van der Waals surface area contributed by atoms with Crippen LogP contribution in [0.25, 0.3) is 0 Å². The molecule has 0 unspecified atom stereocenters. The number of aromatic hydroxyl groups is 2. The third kappa shape index (κ3) is 7.69. The van der Waals surface area contributed by atoms with Crippen LogP contribution in [0.5, 0.6) is 34.5 Å². The summed E-state index contributed by atoms with van der Waals surface area (Å²) in [7, 11) is 0. The summed E-state index contributed by atoms with van der Waals surface area (Å²) in [6.45, 7) is 13.0. The van der Waals surface area contributed by atoms with Crippen molar-refractivity contribution in [3.8, 4) is 34.5 Å². The van der Waals surface area contributed by atoms with Gasteiger partial charge < -0.3 is 19.7 Å². The number of hydrogen-bond donors (Lipinski definition) is 2. The number of unbranched alkanes of at least 4 members (excludes halogenated alkanes) is 3. The first-order chi connectivity index (χ1) is 19.5. The smallest absolute Gasteiger partial charge is 0.314 e. The largest absolute Gasteiger partial charge is 0.502 e. The van der Waals surface area contributed by atoms with E-state index in [0.29, 0.717) is 29.0 Å². The van der Waals surface area contributed by atoms with Crippen LogP contribution >= 0.6 is 0 Å². The van der Waals surface area contributed by atoms with Gasteiger partial charge in [-0.05, 0) is 47.4 Å². The van der Waals surface area contributed by atoms with Gasteiger partial charge in [-0.3, -0.25) is 20.2 Å². The van der Waals surface area contributed by atoms with Crippen LogP contribution in [-0.4, -0.2) is 20.1 Å². The van der Waals surface area contributed by atoms with E-state index >= 15 is 0 Å². The molecule has 0 aromatic heterocycles. The molecule has 3 aromatic carbocycles. The summed E-state index contributed by atoms with van der Waals surface area (Å²) >= 11 is 0. The fourth-order valence-corrected chi connectivity index (χ4v) is 4.74. The van der Waals surface area contributed by atoms with Gasteiger partial charge in [0.2, 0.25) is 0 Å². The average molecular weight is 581 g/mol. The number of hydrogen-bond acceptors (Lipinski definition) is 8. The fourth-order valence-electron chi connectivity index (χ4n) is 4.74. The van der Waals surface area contributed by atoms with Crippen molar-refractivity contribution in [3.05, 3.63) is 79.4 Å². The van der Waals surface area contributed by atoms with Crippen molar-refractivity contribution in [2.45, 2.75) is 91.4 Å². The van der Waals surface area contributed by atoms with Crippen LogP contribution in [0.2, 0.25) is 0 Å². The van der Waals surface area contributed by atoms with Crippen molar-refractivity contribution in [2.75, 3.05) is 0 Å². The zero-order chi connectivity index (χ0) is 31.4. The summed E-state index contributed by atoms with van der Waals surface area (Å²) in [4.78, 5) is 22.1. The molecule has 42 heavy (non-hydrogen) atoms. The maximum absolute atomic E-state index is 11.7. The Balaban J connectivity index is 2.07. The number of nitrogens with zero attached hydrogens (tertiary/aromatic N) is 2. The number of aryl methyl sites for hydroxylation is 1. The van der Waals surface area contributed by atoms with Crippen LogP contribution < -0.4 is 9.47 Å². The topological polar surface area (TPSA) is 145 Å². The van der Waals surface area contributed by atoms with Gasteiger partial charge in [-0.15, -0.1) is 0 Å². The maximum Gasteiger partial charge on any atom is 0.314 e. The minimum atomic E-state index is -0.643. The van der Waals surface area contributed by atoms with Crippen LogP contribution in [-0.2, 0) is 17.3 Å². The molecule has 0 amide bonds. The molecule has 0 radical (unpaired) electrons. The van der Waals surface area contributed by atoms with Crippen LogP contribution in [0.3, 0.4) is 0 Å². The Morgan fingerprint density at radius 1 is 0.690 bits per heavy atom. The number of phenolic OH excluding ortho intramolecular Hbond substituents is 2. The van der Waals surface area contributed by atoms with Gasteiger partial charge in [0.25, 0.3) is 0 Å². The SMILES string of the molecule is CCCCCCc1ccc(Oc2cc(O)c([N+](=O)[O-])c(C(C)(C)C)c2)cc1Oc1cc(O)c([N+](=O)[O-])c(C(C)(C)C)c1. The van der Waals surface area contributed by atoms with Gasteiger partial charge in [-0.25, -0.2) is 0 Å². The van der Waals surface area contributed by atoms with Crippen molar-refractivity contribution in [1.82, 2.24) is 0 Å². The van der Waals surface area contributed by atoms with Gasteiger partial charge in [-0.2, -0.15) is 0 Å². The van der Waals surface area contributed by atoms with E-state index in [2.05, 4.69) is 6.92 Å². The van der Waals surface area contributed by atoms with E-state index < -0.39 is 32.2 Å². The van der Waals surface area contributed by atoms with Crippen molar-refractivity contribution < 1.29 is 29.5 Å². The van der Waals surface area contributed by atoms with E-state index in [-0.39, 0.29) is 22.9 Å². The summed E-state index contributed by atoms with van der Waals surface area (Å²) in [5, 5.41) is 44.4. The molecule has 0 atom stereocenters. The Hall–Kier alpha value is -4.34. The summed E-state index contributed by atoms with van der Waals surface area (Å²) in [5.41, 5.74) is -0.476. The van der Waals surface area contributed by atoms with E-state index in [4.69, 9.17) is 9.47 Å². The predicted molar refractivity (Wildman–Crippen MR) is 161 cm³/mol. The Bertz CT molecular complexity index is 1470. The molecule has 0 aliphatic rings. The van der Waals surface area contributed by atoms with Crippen molar-refractivity contribution in [2.24, 2.45) is 0 Å². The summed E-state index contributed by atoms with van der Waals surface area (Å²) < 4.78 is 12.3. The van der Waals surface area contributed by atoms with Gasteiger partial charge in [0, 0.05) is 29.3 Å². The molecule has 0 saturated heterocycles. The average Bonchev–Trinajstić information content (AvgIpc) is 2.85. The van der Waals surface area contributed by atoms with E-state index in [0.717, 1.165) is 31.2 Å². The first-order valence-corrected chi connectivity index (χ1v) is 14.0. The molecule has 0 saturated carbocycles. The van der Waals surface area contributed by atoms with Crippen molar-refractivity contribution in [1.29, 1.82) is 0 Å². The lowest BCUT2D eigenvalue weighted by Crippen LogP contribution is -2.14. The van der Waals surface area contributed by atoms with Crippen LogP contribution in [0, 0.1) is 20.2 Å². The molecule has 0 aliphatic heterocycles. The van der Waals surface area contributed by atoms with Crippen LogP contribution in [0.15, 0.2) is 42.5 Å². The highest BCUT2D eigenvalue weighted by Gasteiger charge is 2.31. The quantitative estimate of drug-likeness (QED) is 0.130. The molecule has 2 N–H and O–H groups in total. The van der Waals surface area contributed by atoms with Gasteiger partial charge in [0.1, 0.15) is 23.0 Å². The van der Waals surface area contributed by atoms with Gasteiger partial charge in [0.05, 0.1) is 9.85 Å². The summed E-state index contributed by atoms with van der Waals surface area (Å²) in [6, 6.07) is 10.8. The summed E-state index contributed by atoms with van der Waals surface area (Å²) in [5.74, 6) is 0.264. The molecule has 3 aromatic rings. The maximum atomic E-state index is 11.7. The second-order valence-corrected chi connectivity index (χ2v) is 12.5. The Morgan fingerprint density at radius 2 is 1.19 bits per heavy atom. The Morgan fingerprint density at radius 3 is 1.64 bits per heavy atom. The van der Waals surface area contributed by atoms with E-state index in [1.807, 2.05) is 47.6 Å². The van der Waals surface area contributed by atoms with E-state index in [1.54, 1.807) is 24.3 Å². The van der Waals surface area contributed by atoms with Gasteiger partial charge >= 0.3 is 11.4 Å². The Labute approximate surface area is 246 Å². The third-order valence-electron chi connectivity index (χ3n) is 6.91. The number of benzene rings is 3.